The Bertz CT molecular complexity index is 872. The van der Waals surface area contributed by atoms with Gasteiger partial charge in [-0.3, -0.25) is 0 Å². The number of oxime groups is 1. The number of nitrogens with zero attached hydrogens (tertiary/aromatic N) is 3. The van der Waals surface area contributed by atoms with Crippen molar-refractivity contribution in [1.29, 1.82) is 0 Å². The number of hydrogen-bond acceptors (Lipinski definition) is 6. The molecule has 1 atom stereocenters. The number of phenols is 1. The predicted molar refractivity (Wildman–Crippen MR) is 102 cm³/mol. The fourth-order valence-electron chi connectivity index (χ4n) is 3.45. The van der Waals surface area contributed by atoms with Gasteiger partial charge in [0.15, 0.2) is 6.10 Å². The zero-order chi connectivity index (χ0) is 19.0. The fraction of sp³-hybridized carbons (Fsp3) is 0.389. The number of phenolic OH excluding ortho intramolecular Hbond substituents is 1. The molecule has 3 heterocycles. The first-order chi connectivity index (χ1) is 13.0. The quantitative estimate of drug-likeness (QED) is 0.793. The summed E-state index contributed by atoms with van der Waals surface area (Å²) in [5, 5.41) is 26.7. The number of piperidine rings is 1. The van der Waals surface area contributed by atoms with Crippen molar-refractivity contribution < 1.29 is 19.8 Å². The Morgan fingerprint density at radius 3 is 2.81 bits per heavy atom. The monoisotopic (exact) mass is 407 g/mol. The van der Waals surface area contributed by atoms with Crippen molar-refractivity contribution in [3.8, 4) is 5.75 Å². The lowest BCUT2D eigenvalue weighted by Crippen LogP contribution is -2.36. The van der Waals surface area contributed by atoms with Gasteiger partial charge in [0.1, 0.15) is 11.5 Å². The Hall–Kier alpha value is -2.32. The number of aromatic hydroxyl groups is 1. The minimum Gasteiger partial charge on any atom is -0.507 e. The largest absolute Gasteiger partial charge is 0.507 e. The van der Waals surface area contributed by atoms with Gasteiger partial charge >= 0.3 is 6.09 Å². The van der Waals surface area contributed by atoms with Gasteiger partial charge in [-0.2, -0.15) is 0 Å². The van der Waals surface area contributed by atoms with Crippen molar-refractivity contribution in [2.24, 2.45) is 5.16 Å². The van der Waals surface area contributed by atoms with E-state index in [-0.39, 0.29) is 11.7 Å². The van der Waals surface area contributed by atoms with E-state index in [1.54, 1.807) is 29.5 Å². The summed E-state index contributed by atoms with van der Waals surface area (Å²) in [7, 11) is 0. The minimum atomic E-state index is -0.861. The Labute approximate surface area is 164 Å². The van der Waals surface area contributed by atoms with Crippen LogP contribution in [0.2, 0.25) is 5.02 Å². The van der Waals surface area contributed by atoms with Gasteiger partial charge in [0.05, 0.1) is 21.3 Å². The molecular weight excluding hydrogens is 390 g/mol. The number of rotatable bonds is 3. The van der Waals surface area contributed by atoms with Crippen LogP contribution in [0.5, 0.6) is 5.75 Å². The van der Waals surface area contributed by atoms with Crippen molar-refractivity contribution in [2.45, 2.75) is 31.3 Å². The molecule has 0 saturated carbocycles. The lowest BCUT2D eigenvalue weighted by molar-refractivity contribution is 0.0839. The molecule has 142 valence electrons. The van der Waals surface area contributed by atoms with Crippen LogP contribution < -0.4 is 0 Å². The summed E-state index contributed by atoms with van der Waals surface area (Å²) in [5.41, 5.74) is 2.03. The van der Waals surface area contributed by atoms with Gasteiger partial charge in [-0.1, -0.05) is 22.8 Å². The normalized spacial score (nSPS) is 20.4. The predicted octanol–water partition coefficient (Wildman–Crippen LogP) is 4.23. The van der Waals surface area contributed by atoms with Crippen molar-refractivity contribution >= 4 is 34.7 Å². The average Bonchev–Trinajstić information content (AvgIpc) is 3.31. The standard InChI is InChI=1S/C18H18ClN3O4S/c19-11-2-1-3-14(23)16(11)15-8-12(21-26-15)13-9-27-17(20-13)10-4-6-22(7-5-10)18(24)25/h1-3,9-10,15,23H,4-8H2,(H,24,25). The van der Waals surface area contributed by atoms with Crippen LogP contribution in [-0.4, -0.2) is 45.0 Å². The van der Waals surface area contributed by atoms with Gasteiger partial charge < -0.3 is 20.0 Å². The second-order valence-corrected chi connectivity index (χ2v) is 7.92. The van der Waals surface area contributed by atoms with Gasteiger partial charge in [0, 0.05) is 30.8 Å². The molecule has 0 spiro atoms. The number of benzene rings is 1. The highest BCUT2D eigenvalue weighted by molar-refractivity contribution is 7.10. The molecule has 1 fully saturated rings. The molecule has 2 aromatic rings. The minimum absolute atomic E-state index is 0.0908. The molecule has 1 aromatic carbocycles. The molecule has 1 saturated heterocycles. The van der Waals surface area contributed by atoms with E-state index in [0.29, 0.717) is 30.1 Å². The van der Waals surface area contributed by atoms with Crippen LogP contribution in [0.3, 0.4) is 0 Å². The van der Waals surface area contributed by atoms with E-state index in [4.69, 9.17) is 26.5 Å². The molecule has 0 aliphatic carbocycles. The Balaban J connectivity index is 1.43. The van der Waals surface area contributed by atoms with Crippen molar-refractivity contribution in [3.63, 3.8) is 0 Å². The van der Waals surface area contributed by atoms with Crippen LogP contribution in [0.25, 0.3) is 0 Å². The van der Waals surface area contributed by atoms with Crippen LogP contribution in [-0.2, 0) is 4.84 Å². The van der Waals surface area contributed by atoms with Crippen molar-refractivity contribution in [2.75, 3.05) is 13.1 Å². The second kappa shape index (κ2) is 7.36. The first-order valence-corrected chi connectivity index (χ1v) is 9.92. The van der Waals surface area contributed by atoms with E-state index in [0.717, 1.165) is 29.3 Å². The highest BCUT2D eigenvalue weighted by Gasteiger charge is 2.30. The molecule has 1 aromatic heterocycles. The van der Waals surface area contributed by atoms with E-state index >= 15 is 0 Å². The van der Waals surface area contributed by atoms with Gasteiger partial charge in [-0.05, 0) is 25.0 Å². The molecule has 2 N–H and O–H groups in total. The summed E-state index contributed by atoms with van der Waals surface area (Å²) >= 11 is 7.76. The highest BCUT2D eigenvalue weighted by atomic mass is 35.5. The Morgan fingerprint density at radius 2 is 2.11 bits per heavy atom. The topological polar surface area (TPSA) is 95.2 Å². The maximum absolute atomic E-state index is 11.0. The lowest BCUT2D eigenvalue weighted by atomic mass is 9.98. The smallest absolute Gasteiger partial charge is 0.407 e. The zero-order valence-corrected chi connectivity index (χ0v) is 15.9. The van der Waals surface area contributed by atoms with Crippen LogP contribution >= 0.6 is 22.9 Å². The summed E-state index contributed by atoms with van der Waals surface area (Å²) in [6.07, 6.45) is 0.742. The number of thiazole rings is 1. The Morgan fingerprint density at radius 1 is 1.33 bits per heavy atom. The molecule has 2 aliphatic rings. The van der Waals surface area contributed by atoms with Crippen LogP contribution in [0.4, 0.5) is 4.79 Å². The van der Waals surface area contributed by atoms with E-state index in [9.17, 15) is 9.90 Å². The number of likely N-dealkylation sites (tertiary alicyclic amines) is 1. The SMILES string of the molecule is O=C(O)N1CCC(c2nc(C3=NOC(c4c(O)cccc4Cl)C3)cs2)CC1. The number of halogens is 1. The molecular formula is C18H18ClN3O4S. The summed E-state index contributed by atoms with van der Waals surface area (Å²) in [6.45, 7) is 1.07. The Kier molecular flexibility index (Phi) is 4.92. The number of aromatic nitrogens is 1. The van der Waals surface area contributed by atoms with Crippen LogP contribution in [0.1, 0.15) is 47.5 Å². The van der Waals surface area contributed by atoms with Gasteiger partial charge in [-0.15, -0.1) is 11.3 Å². The van der Waals surface area contributed by atoms with Crippen LogP contribution in [0, 0.1) is 0 Å². The zero-order valence-electron chi connectivity index (χ0n) is 14.3. The number of amides is 1. The first-order valence-electron chi connectivity index (χ1n) is 8.66. The summed E-state index contributed by atoms with van der Waals surface area (Å²) in [6, 6.07) is 4.97. The van der Waals surface area contributed by atoms with E-state index in [1.807, 2.05) is 5.38 Å². The number of hydrogen-bond donors (Lipinski definition) is 2. The van der Waals surface area contributed by atoms with Crippen molar-refractivity contribution in [1.82, 2.24) is 9.88 Å². The summed E-state index contributed by atoms with van der Waals surface area (Å²) < 4.78 is 0. The highest BCUT2D eigenvalue weighted by Crippen LogP contribution is 2.39. The van der Waals surface area contributed by atoms with Gasteiger partial charge in [0.2, 0.25) is 0 Å². The van der Waals surface area contributed by atoms with E-state index in [2.05, 4.69) is 5.16 Å². The number of carbonyl (C=O) groups is 1. The lowest BCUT2D eigenvalue weighted by Gasteiger charge is -2.28. The molecule has 27 heavy (non-hydrogen) atoms. The molecule has 7 nitrogen and oxygen atoms in total. The average molecular weight is 408 g/mol. The summed E-state index contributed by atoms with van der Waals surface area (Å²) in [5.74, 6) is 0.360. The van der Waals surface area contributed by atoms with E-state index in [1.165, 1.54) is 4.90 Å². The third-order valence-electron chi connectivity index (χ3n) is 4.95. The molecule has 4 rings (SSSR count). The number of carboxylic acid groups (broad SMARTS) is 1. The first kappa shape index (κ1) is 18.1. The molecule has 9 heteroatoms. The molecule has 0 bridgehead atoms. The fourth-order valence-corrected chi connectivity index (χ4v) is 4.74. The van der Waals surface area contributed by atoms with Gasteiger partial charge in [-0.25, -0.2) is 9.78 Å². The van der Waals surface area contributed by atoms with E-state index < -0.39 is 12.2 Å². The van der Waals surface area contributed by atoms with Gasteiger partial charge in [0.25, 0.3) is 0 Å². The molecule has 1 unspecified atom stereocenters. The van der Waals surface area contributed by atoms with Crippen LogP contribution in [0.15, 0.2) is 28.7 Å². The molecule has 1 amide bonds. The third-order valence-corrected chi connectivity index (χ3v) is 6.29. The maximum Gasteiger partial charge on any atom is 0.407 e. The second-order valence-electron chi connectivity index (χ2n) is 6.62. The molecule has 2 aliphatic heterocycles. The summed E-state index contributed by atoms with van der Waals surface area (Å²) in [4.78, 5) is 22.7. The van der Waals surface area contributed by atoms with Crippen molar-refractivity contribution in [3.05, 3.63) is 44.9 Å². The maximum atomic E-state index is 11.0. The third kappa shape index (κ3) is 3.59. The molecule has 0 radical (unpaired) electrons.